The largest absolute Gasteiger partial charge is 0.490 e. The first-order valence-electron chi connectivity index (χ1n) is 13.0. The minimum absolute atomic E-state index is 0.126. The number of carbonyl (C=O) groups is 1. The molecule has 8 heteroatoms. The number of nitrogens with one attached hydrogen (secondary N) is 2. The topological polar surface area (TPSA) is 72.5 Å². The van der Waals surface area contributed by atoms with Gasteiger partial charge in [0.25, 0.3) is 5.91 Å². The van der Waals surface area contributed by atoms with Crippen molar-refractivity contribution in [1.82, 2.24) is 4.98 Å². The van der Waals surface area contributed by atoms with Gasteiger partial charge in [-0.2, -0.15) is 0 Å². The monoisotopic (exact) mass is 615 g/mol. The molecule has 0 radical (unpaired) electrons. The Balaban J connectivity index is 1.22. The molecule has 0 fully saturated rings. The molecule has 204 valence electrons. The molecule has 6 nitrogen and oxygen atoms in total. The molecule has 0 unspecified atom stereocenters. The molecule has 1 amide bonds. The molecule has 40 heavy (non-hydrogen) atoms. The van der Waals surface area contributed by atoms with E-state index >= 15 is 0 Å². The van der Waals surface area contributed by atoms with Crippen molar-refractivity contribution in [3.05, 3.63) is 100 Å². The first-order valence-corrected chi connectivity index (χ1v) is 14.6. The zero-order valence-corrected chi connectivity index (χ0v) is 25.0. The Bertz CT molecular complexity index is 1630. The number of thiazole rings is 1. The van der Waals surface area contributed by atoms with Crippen LogP contribution in [0.15, 0.2) is 83.3 Å². The highest BCUT2D eigenvalue weighted by atomic mass is 79.9. The highest BCUT2D eigenvalue weighted by molar-refractivity contribution is 9.10. The van der Waals surface area contributed by atoms with Crippen LogP contribution in [0.25, 0.3) is 20.8 Å². The second-order valence-corrected chi connectivity index (χ2v) is 11.3. The van der Waals surface area contributed by atoms with Crippen LogP contribution in [0.1, 0.15) is 23.6 Å². The van der Waals surface area contributed by atoms with Crippen LogP contribution in [0, 0.1) is 13.8 Å². The van der Waals surface area contributed by atoms with Crippen molar-refractivity contribution in [1.29, 1.82) is 0 Å². The van der Waals surface area contributed by atoms with Crippen molar-refractivity contribution in [2.24, 2.45) is 0 Å². The molecule has 2 N–H and O–H groups in total. The highest BCUT2D eigenvalue weighted by Gasteiger charge is 2.14. The summed E-state index contributed by atoms with van der Waals surface area (Å²) in [5.41, 5.74) is 7.23. The van der Waals surface area contributed by atoms with E-state index in [-0.39, 0.29) is 12.5 Å². The molecule has 0 saturated carbocycles. The standard InChI is InChI=1S/C32H30BrN3O3S/c1-4-38-28-16-23(26(33)17-29(28)39-19-31(37)35-25-10-5-20(2)6-11-25)18-34-24-12-8-22(9-13-24)32-36-27-14-7-21(3)15-30(27)40-32/h5-17,34H,4,18-19H2,1-3H3,(H,35,37). The Morgan fingerprint density at radius 2 is 1.57 bits per heavy atom. The van der Waals surface area contributed by atoms with Crippen LogP contribution in [0.5, 0.6) is 11.5 Å². The Kier molecular flexibility index (Phi) is 8.67. The summed E-state index contributed by atoms with van der Waals surface area (Å²) in [6.07, 6.45) is 0. The summed E-state index contributed by atoms with van der Waals surface area (Å²) < 4.78 is 13.7. The number of carbonyl (C=O) groups excluding carboxylic acids is 1. The molecule has 0 aliphatic heterocycles. The van der Waals surface area contributed by atoms with Gasteiger partial charge in [0.1, 0.15) is 5.01 Å². The number of rotatable bonds is 10. The summed E-state index contributed by atoms with van der Waals surface area (Å²) in [6.45, 7) is 6.95. The van der Waals surface area contributed by atoms with Gasteiger partial charge in [-0.15, -0.1) is 11.3 Å². The van der Waals surface area contributed by atoms with E-state index in [9.17, 15) is 4.79 Å². The highest BCUT2D eigenvalue weighted by Crippen LogP contribution is 2.35. The van der Waals surface area contributed by atoms with Gasteiger partial charge in [0.2, 0.25) is 0 Å². The van der Waals surface area contributed by atoms with E-state index in [4.69, 9.17) is 14.5 Å². The van der Waals surface area contributed by atoms with E-state index in [0.717, 1.165) is 43.1 Å². The van der Waals surface area contributed by atoms with Gasteiger partial charge >= 0.3 is 0 Å². The number of benzene rings is 4. The van der Waals surface area contributed by atoms with Gasteiger partial charge in [0.05, 0.1) is 16.8 Å². The van der Waals surface area contributed by atoms with E-state index in [0.29, 0.717) is 24.7 Å². The second-order valence-electron chi connectivity index (χ2n) is 9.45. The fourth-order valence-corrected chi connectivity index (χ4v) is 5.69. The number of nitrogens with zero attached hydrogens (tertiary/aromatic N) is 1. The molecule has 5 aromatic rings. The molecular weight excluding hydrogens is 586 g/mol. The third-order valence-corrected chi connectivity index (χ3v) is 8.07. The zero-order chi connectivity index (χ0) is 28.1. The Morgan fingerprint density at radius 3 is 2.33 bits per heavy atom. The van der Waals surface area contributed by atoms with E-state index in [1.807, 2.05) is 50.2 Å². The average molecular weight is 617 g/mol. The van der Waals surface area contributed by atoms with Gasteiger partial charge in [-0.05, 0) is 92.6 Å². The van der Waals surface area contributed by atoms with Gasteiger partial charge in [-0.25, -0.2) is 4.98 Å². The maximum absolute atomic E-state index is 12.4. The molecule has 0 aliphatic carbocycles. The normalized spacial score (nSPS) is 10.9. The number of anilines is 2. The lowest BCUT2D eigenvalue weighted by Crippen LogP contribution is -2.20. The molecule has 1 aromatic heterocycles. The molecular formula is C32H30BrN3O3S. The zero-order valence-electron chi connectivity index (χ0n) is 22.6. The molecule has 0 saturated heterocycles. The molecule has 1 heterocycles. The van der Waals surface area contributed by atoms with Crippen LogP contribution in [0.3, 0.4) is 0 Å². The van der Waals surface area contributed by atoms with Crippen molar-refractivity contribution >= 4 is 54.8 Å². The van der Waals surface area contributed by atoms with Crippen molar-refractivity contribution in [3.8, 4) is 22.1 Å². The van der Waals surface area contributed by atoms with Gasteiger partial charge in [0.15, 0.2) is 18.1 Å². The van der Waals surface area contributed by atoms with Crippen LogP contribution in [0.2, 0.25) is 0 Å². The van der Waals surface area contributed by atoms with Gasteiger partial charge in [0, 0.05) is 28.0 Å². The minimum atomic E-state index is -0.238. The Labute approximate surface area is 246 Å². The van der Waals surface area contributed by atoms with Crippen molar-refractivity contribution in [3.63, 3.8) is 0 Å². The van der Waals surface area contributed by atoms with Crippen molar-refractivity contribution in [2.75, 3.05) is 23.8 Å². The maximum Gasteiger partial charge on any atom is 0.262 e. The lowest BCUT2D eigenvalue weighted by atomic mass is 10.1. The maximum atomic E-state index is 12.4. The average Bonchev–Trinajstić information content (AvgIpc) is 3.37. The van der Waals surface area contributed by atoms with Crippen LogP contribution < -0.4 is 20.1 Å². The molecule has 0 bridgehead atoms. The summed E-state index contributed by atoms with van der Waals surface area (Å²) in [5.74, 6) is 0.858. The van der Waals surface area contributed by atoms with Crippen LogP contribution >= 0.6 is 27.3 Å². The van der Waals surface area contributed by atoms with E-state index in [1.165, 1.54) is 10.3 Å². The predicted octanol–water partition coefficient (Wildman–Crippen LogP) is 8.37. The van der Waals surface area contributed by atoms with Crippen LogP contribution in [-0.2, 0) is 11.3 Å². The van der Waals surface area contributed by atoms with Crippen molar-refractivity contribution in [2.45, 2.75) is 27.3 Å². The first kappa shape index (κ1) is 27.7. The Hall–Kier alpha value is -3.88. The number of aromatic nitrogens is 1. The minimum Gasteiger partial charge on any atom is -0.490 e. The van der Waals surface area contributed by atoms with Crippen molar-refractivity contribution < 1.29 is 14.3 Å². The number of halogens is 1. The third-order valence-electron chi connectivity index (χ3n) is 6.27. The summed E-state index contributed by atoms with van der Waals surface area (Å²) in [7, 11) is 0. The number of aryl methyl sites for hydroxylation is 2. The van der Waals surface area contributed by atoms with E-state index in [1.54, 1.807) is 11.3 Å². The first-order chi connectivity index (χ1) is 19.4. The molecule has 0 aliphatic rings. The van der Waals surface area contributed by atoms with E-state index in [2.05, 4.69) is 76.0 Å². The number of ether oxygens (including phenoxy) is 2. The Morgan fingerprint density at radius 1 is 0.875 bits per heavy atom. The molecule has 5 rings (SSSR count). The fourth-order valence-electron chi connectivity index (χ4n) is 4.15. The third kappa shape index (κ3) is 6.81. The second kappa shape index (κ2) is 12.5. The number of hydrogen-bond donors (Lipinski definition) is 2. The number of hydrogen-bond acceptors (Lipinski definition) is 6. The summed E-state index contributed by atoms with van der Waals surface area (Å²) in [6, 6.07) is 26.1. The van der Waals surface area contributed by atoms with Crippen LogP contribution in [-0.4, -0.2) is 24.1 Å². The smallest absolute Gasteiger partial charge is 0.262 e. The summed E-state index contributed by atoms with van der Waals surface area (Å²) in [5, 5.41) is 7.34. The number of fused-ring (bicyclic) bond motifs is 1. The SMILES string of the molecule is CCOc1cc(CNc2ccc(-c3nc4ccc(C)cc4s3)cc2)c(Br)cc1OCC(=O)Nc1ccc(C)cc1. The summed E-state index contributed by atoms with van der Waals surface area (Å²) in [4.78, 5) is 17.2. The van der Waals surface area contributed by atoms with Gasteiger partial charge in [-0.1, -0.05) is 39.7 Å². The predicted molar refractivity (Wildman–Crippen MR) is 168 cm³/mol. The molecule has 0 spiro atoms. The molecule has 0 atom stereocenters. The van der Waals surface area contributed by atoms with Gasteiger partial charge < -0.3 is 20.1 Å². The van der Waals surface area contributed by atoms with E-state index < -0.39 is 0 Å². The quantitative estimate of drug-likeness (QED) is 0.165. The summed E-state index contributed by atoms with van der Waals surface area (Å²) >= 11 is 5.36. The number of amides is 1. The lowest BCUT2D eigenvalue weighted by Gasteiger charge is -2.16. The molecule has 4 aromatic carbocycles. The fraction of sp³-hybridized carbons (Fsp3) is 0.188. The van der Waals surface area contributed by atoms with Gasteiger partial charge in [-0.3, -0.25) is 4.79 Å². The lowest BCUT2D eigenvalue weighted by molar-refractivity contribution is -0.118. The van der Waals surface area contributed by atoms with Crippen LogP contribution in [0.4, 0.5) is 11.4 Å².